The third-order valence-corrected chi connectivity index (χ3v) is 3.67. The van der Waals surface area contributed by atoms with E-state index in [9.17, 15) is 4.79 Å². The first-order chi connectivity index (χ1) is 9.75. The lowest BCUT2D eigenvalue weighted by Gasteiger charge is -2.31. The zero-order chi connectivity index (χ0) is 13.9. The highest BCUT2D eigenvalue weighted by molar-refractivity contribution is 5.92. The maximum absolute atomic E-state index is 12.4. The highest BCUT2D eigenvalue weighted by Crippen LogP contribution is 2.26. The second-order valence-corrected chi connectivity index (χ2v) is 4.99. The minimum atomic E-state index is -0.0845. The molecule has 0 spiro atoms. The lowest BCUT2D eigenvalue weighted by molar-refractivity contribution is 0.0672. The molecule has 1 amide bonds. The van der Waals surface area contributed by atoms with E-state index in [0.717, 1.165) is 25.1 Å². The number of piperidine rings is 1. The summed E-state index contributed by atoms with van der Waals surface area (Å²) in [5.74, 6) is 0.519. The number of rotatable bonds is 2. The van der Waals surface area contributed by atoms with Crippen LogP contribution in [0.15, 0.2) is 29.4 Å². The molecule has 1 saturated heterocycles. The molecule has 1 unspecified atom stereocenters. The van der Waals surface area contributed by atoms with Gasteiger partial charge >= 0.3 is 0 Å². The number of carbonyl (C=O) groups excluding carboxylic acids is 1. The summed E-state index contributed by atoms with van der Waals surface area (Å²) in [5, 5.41) is 0. The summed E-state index contributed by atoms with van der Waals surface area (Å²) < 4.78 is 5.19. The van der Waals surface area contributed by atoms with E-state index in [0.29, 0.717) is 18.0 Å². The number of nitrogens with zero attached hydrogens (tertiary/aromatic N) is 4. The summed E-state index contributed by atoms with van der Waals surface area (Å²) in [4.78, 5) is 26.4. The van der Waals surface area contributed by atoms with Gasteiger partial charge in [-0.2, -0.15) is 0 Å². The first kappa shape index (κ1) is 12.8. The Bertz CT molecular complexity index is 596. The first-order valence-corrected chi connectivity index (χ1v) is 6.71. The zero-order valence-corrected chi connectivity index (χ0v) is 11.3. The van der Waals surface area contributed by atoms with Crippen molar-refractivity contribution in [2.24, 2.45) is 0 Å². The number of aromatic nitrogens is 3. The van der Waals surface area contributed by atoms with Gasteiger partial charge in [0.25, 0.3) is 5.91 Å². The number of carbonyl (C=O) groups is 1. The highest BCUT2D eigenvalue weighted by Gasteiger charge is 2.28. The molecular weight excluding hydrogens is 256 g/mol. The van der Waals surface area contributed by atoms with E-state index in [2.05, 4.69) is 15.0 Å². The van der Waals surface area contributed by atoms with Crippen LogP contribution in [0.4, 0.5) is 0 Å². The molecule has 1 atom stereocenters. The largest absolute Gasteiger partial charge is 0.438 e. The normalized spacial score (nSPS) is 19.1. The molecule has 6 heteroatoms. The fourth-order valence-electron chi connectivity index (χ4n) is 2.60. The third kappa shape index (κ3) is 2.41. The maximum atomic E-state index is 12.4. The Balaban J connectivity index is 1.76. The molecule has 0 aliphatic carbocycles. The molecule has 0 bridgehead atoms. The summed E-state index contributed by atoms with van der Waals surface area (Å²) in [7, 11) is 0. The molecule has 20 heavy (non-hydrogen) atoms. The Hall–Kier alpha value is -2.24. The van der Waals surface area contributed by atoms with E-state index >= 15 is 0 Å². The maximum Gasteiger partial charge on any atom is 0.291 e. The fourth-order valence-corrected chi connectivity index (χ4v) is 2.60. The van der Waals surface area contributed by atoms with Gasteiger partial charge in [-0.05, 0) is 25.8 Å². The van der Waals surface area contributed by atoms with E-state index in [1.54, 1.807) is 19.4 Å². The molecule has 3 heterocycles. The van der Waals surface area contributed by atoms with Crippen molar-refractivity contribution in [3.05, 3.63) is 42.1 Å². The summed E-state index contributed by atoms with van der Waals surface area (Å²) in [6.07, 6.45) is 6.61. The van der Waals surface area contributed by atoms with Crippen molar-refractivity contribution in [1.29, 1.82) is 0 Å². The van der Waals surface area contributed by atoms with Gasteiger partial charge < -0.3 is 9.32 Å². The number of aryl methyl sites for hydroxylation is 1. The smallest absolute Gasteiger partial charge is 0.291 e. The lowest BCUT2D eigenvalue weighted by Crippen LogP contribution is -2.39. The van der Waals surface area contributed by atoms with E-state index in [-0.39, 0.29) is 11.8 Å². The SMILES string of the molecule is Cc1ncoc1C(=O)N1CCCC(c2ccncn2)C1. The van der Waals surface area contributed by atoms with Crippen LogP contribution in [0.1, 0.15) is 40.7 Å². The molecule has 0 N–H and O–H groups in total. The number of amides is 1. The van der Waals surface area contributed by atoms with Gasteiger partial charge in [0.05, 0.1) is 5.69 Å². The van der Waals surface area contributed by atoms with Gasteiger partial charge in [-0.25, -0.2) is 15.0 Å². The molecule has 3 rings (SSSR count). The van der Waals surface area contributed by atoms with Crippen LogP contribution in [-0.2, 0) is 0 Å². The van der Waals surface area contributed by atoms with E-state index in [4.69, 9.17) is 4.42 Å². The van der Waals surface area contributed by atoms with Gasteiger partial charge in [0, 0.05) is 30.9 Å². The highest BCUT2D eigenvalue weighted by atomic mass is 16.3. The van der Waals surface area contributed by atoms with Crippen LogP contribution in [0.25, 0.3) is 0 Å². The van der Waals surface area contributed by atoms with Crippen molar-refractivity contribution >= 4 is 5.91 Å². The minimum absolute atomic E-state index is 0.0845. The van der Waals surface area contributed by atoms with Crippen molar-refractivity contribution in [3.8, 4) is 0 Å². The van der Waals surface area contributed by atoms with Crippen molar-refractivity contribution in [3.63, 3.8) is 0 Å². The third-order valence-electron chi connectivity index (χ3n) is 3.67. The molecule has 6 nitrogen and oxygen atoms in total. The first-order valence-electron chi connectivity index (χ1n) is 6.71. The Labute approximate surface area is 116 Å². The minimum Gasteiger partial charge on any atom is -0.438 e. The topological polar surface area (TPSA) is 72.1 Å². The number of oxazole rings is 1. The average Bonchev–Trinajstić information content (AvgIpc) is 2.94. The van der Waals surface area contributed by atoms with Crippen LogP contribution in [-0.4, -0.2) is 38.8 Å². The van der Waals surface area contributed by atoms with E-state index < -0.39 is 0 Å². The molecule has 1 aliphatic heterocycles. The Morgan fingerprint density at radius 2 is 2.35 bits per heavy atom. The van der Waals surface area contributed by atoms with Crippen molar-refractivity contribution in [2.45, 2.75) is 25.7 Å². The molecule has 104 valence electrons. The van der Waals surface area contributed by atoms with Crippen molar-refractivity contribution < 1.29 is 9.21 Å². The Kier molecular flexibility index (Phi) is 3.45. The monoisotopic (exact) mass is 272 g/mol. The molecule has 2 aromatic rings. The van der Waals surface area contributed by atoms with Gasteiger partial charge in [0.15, 0.2) is 6.39 Å². The molecular formula is C14H16N4O2. The van der Waals surface area contributed by atoms with Gasteiger partial charge in [0.2, 0.25) is 5.76 Å². The fraction of sp³-hybridized carbons (Fsp3) is 0.429. The summed E-state index contributed by atoms with van der Waals surface area (Å²) >= 11 is 0. The van der Waals surface area contributed by atoms with Crippen molar-refractivity contribution in [2.75, 3.05) is 13.1 Å². The predicted octanol–water partition coefficient (Wildman–Crippen LogP) is 1.79. The molecule has 2 aromatic heterocycles. The molecule has 0 aromatic carbocycles. The van der Waals surface area contributed by atoms with E-state index in [1.807, 2.05) is 11.0 Å². The van der Waals surface area contributed by atoms with Crippen LogP contribution in [0.3, 0.4) is 0 Å². The van der Waals surface area contributed by atoms with Gasteiger partial charge in [-0.15, -0.1) is 0 Å². The Morgan fingerprint density at radius 1 is 1.45 bits per heavy atom. The van der Waals surface area contributed by atoms with Gasteiger partial charge in [0.1, 0.15) is 6.33 Å². The molecule has 1 fully saturated rings. The Morgan fingerprint density at radius 3 is 3.05 bits per heavy atom. The zero-order valence-electron chi connectivity index (χ0n) is 11.3. The standard InChI is InChI=1S/C14H16N4O2/c1-10-13(20-9-17-10)14(19)18-6-2-3-11(7-18)12-4-5-15-8-16-12/h4-5,8-9,11H,2-3,6-7H2,1H3. The predicted molar refractivity (Wildman–Crippen MR) is 71.2 cm³/mol. The molecule has 0 radical (unpaired) electrons. The van der Waals surface area contributed by atoms with E-state index in [1.165, 1.54) is 6.39 Å². The van der Waals surface area contributed by atoms with Crippen LogP contribution in [0, 0.1) is 6.92 Å². The quantitative estimate of drug-likeness (QED) is 0.833. The number of hydrogen-bond donors (Lipinski definition) is 0. The van der Waals surface area contributed by atoms with Crippen LogP contribution >= 0.6 is 0 Å². The lowest BCUT2D eigenvalue weighted by atomic mass is 9.94. The van der Waals surface area contributed by atoms with Gasteiger partial charge in [-0.1, -0.05) is 0 Å². The summed E-state index contributed by atoms with van der Waals surface area (Å²) in [6.45, 7) is 3.19. The van der Waals surface area contributed by atoms with Crippen molar-refractivity contribution in [1.82, 2.24) is 19.9 Å². The van der Waals surface area contributed by atoms with Crippen LogP contribution in [0.2, 0.25) is 0 Å². The average molecular weight is 272 g/mol. The second kappa shape index (κ2) is 5.40. The number of likely N-dealkylation sites (tertiary alicyclic amines) is 1. The van der Waals surface area contributed by atoms with Crippen LogP contribution in [0.5, 0.6) is 0 Å². The molecule has 0 saturated carbocycles. The summed E-state index contributed by atoms with van der Waals surface area (Å²) in [5.41, 5.74) is 1.63. The second-order valence-electron chi connectivity index (χ2n) is 4.99. The molecule has 1 aliphatic rings. The number of hydrogen-bond acceptors (Lipinski definition) is 5. The summed E-state index contributed by atoms with van der Waals surface area (Å²) in [6, 6.07) is 1.92. The van der Waals surface area contributed by atoms with Crippen LogP contribution < -0.4 is 0 Å². The van der Waals surface area contributed by atoms with Gasteiger partial charge in [-0.3, -0.25) is 4.79 Å².